The third-order valence-corrected chi connectivity index (χ3v) is 5.83. The van der Waals surface area contributed by atoms with E-state index in [-0.39, 0.29) is 11.9 Å². The molecule has 1 fully saturated rings. The van der Waals surface area contributed by atoms with E-state index in [2.05, 4.69) is 32.9 Å². The molecule has 3 aromatic rings. The molecule has 3 heterocycles. The van der Waals surface area contributed by atoms with Crippen LogP contribution in [0, 0.1) is 0 Å². The lowest BCUT2D eigenvalue weighted by Gasteiger charge is -2.32. The molecule has 4 rings (SSSR count). The summed E-state index contributed by atoms with van der Waals surface area (Å²) < 4.78 is 7.58. The van der Waals surface area contributed by atoms with Gasteiger partial charge in [-0.15, -0.1) is 0 Å². The molecule has 0 spiro atoms. The lowest BCUT2D eigenvalue weighted by Crippen LogP contribution is -2.46. The molecule has 2 aromatic heterocycles. The number of rotatable bonds is 6. The molecule has 0 bridgehead atoms. The van der Waals surface area contributed by atoms with Crippen molar-refractivity contribution in [1.29, 1.82) is 0 Å². The average molecular weight is 422 g/mol. The van der Waals surface area contributed by atoms with Gasteiger partial charge >= 0.3 is 6.03 Å². The van der Waals surface area contributed by atoms with Gasteiger partial charge in [0.2, 0.25) is 0 Å². The summed E-state index contributed by atoms with van der Waals surface area (Å²) in [7, 11) is 5.69. The number of benzene rings is 1. The predicted molar refractivity (Wildman–Crippen MR) is 123 cm³/mol. The van der Waals surface area contributed by atoms with Crippen LogP contribution in [0.3, 0.4) is 0 Å². The zero-order chi connectivity index (χ0) is 21.8. The molecule has 7 nitrogen and oxygen atoms in total. The van der Waals surface area contributed by atoms with Gasteiger partial charge in [0.25, 0.3) is 0 Å². The molecule has 31 heavy (non-hydrogen) atoms. The summed E-state index contributed by atoms with van der Waals surface area (Å²) in [5.41, 5.74) is 3.05. The van der Waals surface area contributed by atoms with E-state index in [1.54, 1.807) is 7.11 Å². The number of likely N-dealkylation sites (N-methyl/N-ethyl adjacent to an activating group) is 1. The highest BCUT2D eigenvalue weighted by atomic mass is 16.5. The molecule has 1 aromatic carbocycles. The summed E-state index contributed by atoms with van der Waals surface area (Å²) in [5, 5.41) is 3.04. The van der Waals surface area contributed by atoms with Gasteiger partial charge in [0.15, 0.2) is 0 Å². The topological polar surface area (TPSA) is 62.1 Å². The van der Waals surface area contributed by atoms with Crippen LogP contribution in [0.15, 0.2) is 48.7 Å². The van der Waals surface area contributed by atoms with Crippen LogP contribution in [0.1, 0.15) is 24.6 Å². The fourth-order valence-electron chi connectivity index (χ4n) is 4.20. The Morgan fingerprint density at radius 1 is 1.26 bits per heavy atom. The summed E-state index contributed by atoms with van der Waals surface area (Å²) in [6.07, 6.45) is 4.06. The monoisotopic (exact) mass is 421 g/mol. The molecule has 0 aliphatic carbocycles. The van der Waals surface area contributed by atoms with Gasteiger partial charge < -0.3 is 24.3 Å². The van der Waals surface area contributed by atoms with Crippen LogP contribution in [0.2, 0.25) is 0 Å². The number of carbonyl (C=O) groups excluding carboxylic acids is 1. The number of likely N-dealkylation sites (tertiary alicyclic amines) is 1. The lowest BCUT2D eigenvalue weighted by atomic mass is 9.97. The van der Waals surface area contributed by atoms with Crippen molar-refractivity contribution >= 4 is 11.5 Å². The van der Waals surface area contributed by atoms with Crippen LogP contribution in [0.4, 0.5) is 4.79 Å². The van der Waals surface area contributed by atoms with Crippen molar-refractivity contribution < 1.29 is 9.53 Å². The molecular weight excluding hydrogens is 390 g/mol. The number of carbonyl (C=O) groups is 1. The van der Waals surface area contributed by atoms with E-state index in [4.69, 9.17) is 9.72 Å². The summed E-state index contributed by atoms with van der Waals surface area (Å²) in [6.45, 7) is 2.95. The Hall–Kier alpha value is -3.06. The van der Waals surface area contributed by atoms with Crippen LogP contribution in [-0.2, 0) is 0 Å². The molecule has 1 aliphatic rings. The first-order chi connectivity index (χ1) is 15.1. The summed E-state index contributed by atoms with van der Waals surface area (Å²) in [5.74, 6) is 2.02. The Kier molecular flexibility index (Phi) is 6.42. The fraction of sp³-hybridized carbons (Fsp3) is 0.417. The highest BCUT2D eigenvalue weighted by Gasteiger charge is 2.28. The zero-order valence-electron chi connectivity index (χ0n) is 18.5. The first kappa shape index (κ1) is 21.2. The van der Waals surface area contributed by atoms with Gasteiger partial charge in [0, 0.05) is 43.9 Å². The number of hydrogen-bond acceptors (Lipinski definition) is 4. The number of fused-ring (bicyclic) bond motifs is 1. The van der Waals surface area contributed by atoms with Crippen molar-refractivity contribution in [3.63, 3.8) is 0 Å². The van der Waals surface area contributed by atoms with Gasteiger partial charge in [-0.25, -0.2) is 9.78 Å². The van der Waals surface area contributed by atoms with E-state index in [9.17, 15) is 4.79 Å². The van der Waals surface area contributed by atoms with Crippen LogP contribution >= 0.6 is 0 Å². The number of methoxy groups -OCH3 is 1. The molecule has 164 valence electrons. The highest BCUT2D eigenvalue weighted by Crippen LogP contribution is 2.33. The molecule has 1 aliphatic heterocycles. The van der Waals surface area contributed by atoms with E-state index >= 15 is 0 Å². The van der Waals surface area contributed by atoms with Gasteiger partial charge in [-0.3, -0.25) is 0 Å². The predicted octanol–water partition coefficient (Wildman–Crippen LogP) is 3.46. The Morgan fingerprint density at radius 3 is 2.94 bits per heavy atom. The number of ether oxygens (including phenoxy) is 1. The maximum absolute atomic E-state index is 12.7. The van der Waals surface area contributed by atoms with Gasteiger partial charge in [-0.2, -0.15) is 0 Å². The van der Waals surface area contributed by atoms with E-state index in [1.807, 2.05) is 49.3 Å². The van der Waals surface area contributed by atoms with Gasteiger partial charge in [0.1, 0.15) is 11.6 Å². The van der Waals surface area contributed by atoms with Crippen molar-refractivity contribution in [1.82, 2.24) is 24.5 Å². The molecule has 1 atom stereocenters. The van der Waals surface area contributed by atoms with Crippen molar-refractivity contribution in [3.8, 4) is 17.0 Å². The van der Waals surface area contributed by atoms with Crippen LogP contribution in [-0.4, -0.2) is 72.6 Å². The number of aromatic nitrogens is 2. The van der Waals surface area contributed by atoms with Crippen molar-refractivity contribution in [2.45, 2.75) is 18.8 Å². The Bertz CT molecular complexity index is 1050. The molecule has 7 heteroatoms. The average Bonchev–Trinajstić information content (AvgIpc) is 3.19. The molecule has 0 radical (unpaired) electrons. The maximum Gasteiger partial charge on any atom is 0.317 e. The normalized spacial score (nSPS) is 16.6. The standard InChI is InChI=1S/C24H31N5O2/c1-27(2)15-12-25-24(30)28-13-7-9-19(17-28)23-26-22(21-11-4-5-14-29(21)23)18-8-6-10-20(16-18)31-3/h4-6,8,10-11,14,16,19H,7,9,12-13,15,17H2,1-3H3,(H,25,30). The molecule has 1 N–H and O–H groups in total. The van der Waals surface area contributed by atoms with Crippen LogP contribution in [0.25, 0.3) is 16.8 Å². The molecular formula is C24H31N5O2. The van der Waals surface area contributed by atoms with Crippen molar-refractivity contribution in [2.75, 3.05) is 47.4 Å². The number of pyridine rings is 1. The smallest absolute Gasteiger partial charge is 0.317 e. The van der Waals surface area contributed by atoms with Crippen LogP contribution in [0.5, 0.6) is 5.75 Å². The van der Waals surface area contributed by atoms with E-state index in [0.29, 0.717) is 13.1 Å². The fourth-order valence-corrected chi connectivity index (χ4v) is 4.20. The second-order valence-electron chi connectivity index (χ2n) is 8.33. The van der Waals surface area contributed by atoms with Gasteiger partial charge in [-0.1, -0.05) is 18.2 Å². The van der Waals surface area contributed by atoms with Gasteiger partial charge in [0.05, 0.1) is 18.3 Å². The Morgan fingerprint density at radius 2 is 2.13 bits per heavy atom. The summed E-state index contributed by atoms with van der Waals surface area (Å²) in [6, 6.07) is 14.2. The Labute approximate surface area is 183 Å². The first-order valence-corrected chi connectivity index (χ1v) is 10.9. The molecule has 2 amide bonds. The quantitative estimate of drug-likeness (QED) is 0.662. The van der Waals surface area contributed by atoms with E-state index in [0.717, 1.165) is 54.3 Å². The number of piperidine rings is 1. The number of nitrogens with one attached hydrogen (secondary N) is 1. The van der Waals surface area contributed by atoms with Crippen molar-refractivity contribution in [2.24, 2.45) is 0 Å². The number of nitrogens with zero attached hydrogens (tertiary/aromatic N) is 4. The largest absolute Gasteiger partial charge is 0.497 e. The molecule has 0 saturated carbocycles. The number of amides is 2. The molecule has 1 unspecified atom stereocenters. The van der Waals surface area contributed by atoms with Gasteiger partial charge in [-0.05, 0) is 51.2 Å². The number of hydrogen-bond donors (Lipinski definition) is 1. The minimum absolute atomic E-state index is 0.0143. The minimum atomic E-state index is 0.0143. The highest BCUT2D eigenvalue weighted by molar-refractivity contribution is 5.78. The Balaban J connectivity index is 1.60. The third kappa shape index (κ3) is 4.66. The molecule has 1 saturated heterocycles. The van der Waals surface area contributed by atoms with E-state index in [1.165, 1.54) is 0 Å². The maximum atomic E-state index is 12.7. The zero-order valence-corrected chi connectivity index (χ0v) is 18.5. The first-order valence-electron chi connectivity index (χ1n) is 10.9. The second-order valence-corrected chi connectivity index (χ2v) is 8.33. The number of imidazole rings is 1. The minimum Gasteiger partial charge on any atom is -0.497 e. The SMILES string of the molecule is COc1cccc(-c2nc(C3CCCN(C(=O)NCCN(C)C)C3)n3ccccc23)c1. The van der Waals surface area contributed by atoms with Crippen LogP contribution < -0.4 is 10.1 Å². The third-order valence-electron chi connectivity index (χ3n) is 5.83. The summed E-state index contributed by atoms with van der Waals surface area (Å²) in [4.78, 5) is 21.7. The second kappa shape index (κ2) is 9.39. The number of urea groups is 1. The van der Waals surface area contributed by atoms with E-state index < -0.39 is 0 Å². The summed E-state index contributed by atoms with van der Waals surface area (Å²) >= 11 is 0. The van der Waals surface area contributed by atoms with Crippen molar-refractivity contribution in [3.05, 3.63) is 54.5 Å². The lowest BCUT2D eigenvalue weighted by molar-refractivity contribution is 0.177.